The Bertz CT molecular complexity index is 1240. The number of aliphatic hydroxyl groups excluding tert-OH is 3. The molecule has 2 aromatic rings. The van der Waals surface area contributed by atoms with E-state index in [-0.39, 0.29) is 32.3 Å². The van der Waals surface area contributed by atoms with Gasteiger partial charge in [0, 0.05) is 13.8 Å². The van der Waals surface area contributed by atoms with Crippen LogP contribution in [-0.2, 0) is 51.2 Å². The van der Waals surface area contributed by atoms with Crippen LogP contribution >= 0.6 is 0 Å². The van der Waals surface area contributed by atoms with Crippen molar-refractivity contribution in [3.05, 3.63) is 84.4 Å². The molecule has 2 fully saturated rings. The van der Waals surface area contributed by atoms with E-state index in [9.17, 15) is 24.9 Å². The minimum absolute atomic E-state index is 0.0162. The fourth-order valence-electron chi connectivity index (χ4n) is 5.47. The molecule has 0 bridgehead atoms. The van der Waals surface area contributed by atoms with Crippen molar-refractivity contribution in [1.82, 2.24) is 10.6 Å². The van der Waals surface area contributed by atoms with E-state index in [4.69, 9.17) is 28.4 Å². The minimum atomic E-state index is -1.54. The van der Waals surface area contributed by atoms with E-state index in [1.165, 1.54) is 19.9 Å². The van der Waals surface area contributed by atoms with Gasteiger partial charge in [-0.3, -0.25) is 9.59 Å². The van der Waals surface area contributed by atoms with Gasteiger partial charge in [-0.15, -0.1) is 6.58 Å². The molecule has 0 saturated carbocycles. The average molecular weight is 645 g/mol. The molecule has 0 aromatic heterocycles. The molecule has 2 aromatic carbocycles. The minimum Gasteiger partial charge on any atom is -0.394 e. The normalized spacial score (nSPS) is 31.2. The van der Waals surface area contributed by atoms with Crippen molar-refractivity contribution in [3.8, 4) is 0 Å². The zero-order valence-electron chi connectivity index (χ0n) is 26.0. The maximum absolute atomic E-state index is 12.5. The smallest absolute Gasteiger partial charge is 0.217 e. The monoisotopic (exact) mass is 644 g/mol. The Morgan fingerprint density at radius 3 is 1.98 bits per heavy atom. The van der Waals surface area contributed by atoms with Crippen LogP contribution < -0.4 is 10.6 Å². The van der Waals surface area contributed by atoms with E-state index in [2.05, 4.69) is 17.2 Å². The standard InChI is InChI=1S/C33H44N2O11/c1-4-15-42-31-27(35-21(3)38)32(43-18-23-13-9-6-10-14-23)45-25(19-41-17-22-11-7-5-8-12-22)30(31)46-33-26(34-20(2)37)29(40)28(39)24(16-36)44-33/h4-14,24-33,36,39-40H,1,15-19H2,2-3H3,(H,34,37)(H,35,38)/t24-,25-,26-,27-,28-,29-,30-,31-,32+,33+/m1/s1. The Labute approximate surface area is 268 Å². The highest BCUT2D eigenvalue weighted by molar-refractivity contribution is 5.73. The van der Waals surface area contributed by atoms with Crippen LogP contribution in [0.15, 0.2) is 73.3 Å². The Hall–Kier alpha value is -3.24. The topological polar surface area (TPSA) is 174 Å². The molecular formula is C33H44N2O11. The molecular weight excluding hydrogens is 600 g/mol. The zero-order valence-corrected chi connectivity index (χ0v) is 26.0. The molecule has 0 radical (unpaired) electrons. The van der Waals surface area contributed by atoms with E-state index in [1.807, 2.05) is 60.7 Å². The van der Waals surface area contributed by atoms with Crippen molar-refractivity contribution >= 4 is 11.8 Å². The van der Waals surface area contributed by atoms with Gasteiger partial charge in [0.25, 0.3) is 0 Å². The summed E-state index contributed by atoms with van der Waals surface area (Å²) in [5.41, 5.74) is 1.80. The number of hydrogen-bond donors (Lipinski definition) is 5. The molecule has 0 spiro atoms. The van der Waals surface area contributed by atoms with Gasteiger partial charge in [-0.2, -0.15) is 0 Å². The van der Waals surface area contributed by atoms with Gasteiger partial charge in [0.2, 0.25) is 11.8 Å². The average Bonchev–Trinajstić information content (AvgIpc) is 3.04. The third-order valence-corrected chi connectivity index (χ3v) is 7.62. The summed E-state index contributed by atoms with van der Waals surface area (Å²) in [6.07, 6.45) is -8.00. The Balaban J connectivity index is 1.67. The Morgan fingerprint density at radius 1 is 0.804 bits per heavy atom. The highest BCUT2D eigenvalue weighted by Gasteiger charge is 2.53. The van der Waals surface area contributed by atoms with Gasteiger partial charge < -0.3 is 54.4 Å². The van der Waals surface area contributed by atoms with Crippen LogP contribution in [0.3, 0.4) is 0 Å². The molecule has 13 nitrogen and oxygen atoms in total. The van der Waals surface area contributed by atoms with Crippen LogP contribution in [0.1, 0.15) is 25.0 Å². The van der Waals surface area contributed by atoms with E-state index < -0.39 is 73.8 Å². The number of nitrogens with one attached hydrogen (secondary N) is 2. The first kappa shape index (κ1) is 35.6. The number of rotatable bonds is 15. The first-order valence-corrected chi connectivity index (χ1v) is 15.2. The van der Waals surface area contributed by atoms with E-state index >= 15 is 0 Å². The summed E-state index contributed by atoms with van der Waals surface area (Å²) in [6, 6.07) is 16.8. The number of benzene rings is 2. The lowest BCUT2D eigenvalue weighted by molar-refractivity contribution is -0.337. The molecule has 2 aliphatic rings. The highest BCUT2D eigenvalue weighted by atomic mass is 16.7. The van der Waals surface area contributed by atoms with Gasteiger partial charge in [-0.25, -0.2) is 0 Å². The molecule has 46 heavy (non-hydrogen) atoms. The maximum Gasteiger partial charge on any atom is 0.217 e. The SMILES string of the molecule is C=CCO[C@@H]1[C@@H](NC(C)=O)[C@@H](OCc2ccccc2)O[C@H](COCc2ccccc2)[C@H]1O[C@@H]1O[C@H](CO)[C@@H](O)[C@H](O)[C@H]1NC(C)=O. The highest BCUT2D eigenvalue weighted by Crippen LogP contribution is 2.32. The quantitative estimate of drug-likeness (QED) is 0.171. The van der Waals surface area contributed by atoms with Crippen molar-refractivity contribution in [3.63, 3.8) is 0 Å². The molecule has 2 amide bonds. The lowest BCUT2D eigenvalue weighted by Gasteiger charge is -2.49. The van der Waals surface area contributed by atoms with Crippen LogP contribution in [0.4, 0.5) is 0 Å². The number of amides is 2. The number of ether oxygens (including phenoxy) is 6. The van der Waals surface area contributed by atoms with Crippen molar-refractivity contribution in [1.29, 1.82) is 0 Å². The van der Waals surface area contributed by atoms with E-state index in [1.54, 1.807) is 0 Å². The summed E-state index contributed by atoms with van der Waals surface area (Å²) in [6.45, 7) is 6.18. The Kier molecular flexibility index (Phi) is 13.6. The van der Waals surface area contributed by atoms with Crippen LogP contribution in [0, 0.1) is 0 Å². The fraction of sp³-hybridized carbons (Fsp3) is 0.515. The third-order valence-electron chi connectivity index (χ3n) is 7.62. The van der Waals surface area contributed by atoms with Crippen molar-refractivity contribution < 1.29 is 53.3 Å². The molecule has 2 saturated heterocycles. The molecule has 2 aliphatic heterocycles. The molecule has 0 aliphatic carbocycles. The first-order chi connectivity index (χ1) is 22.2. The van der Waals surface area contributed by atoms with Crippen LogP contribution in [0.25, 0.3) is 0 Å². The third kappa shape index (κ3) is 9.64. The van der Waals surface area contributed by atoms with Gasteiger partial charge in [0.1, 0.15) is 48.7 Å². The molecule has 13 heteroatoms. The fourth-order valence-corrected chi connectivity index (χ4v) is 5.47. The summed E-state index contributed by atoms with van der Waals surface area (Å²) < 4.78 is 37.3. The second-order valence-corrected chi connectivity index (χ2v) is 11.2. The molecule has 252 valence electrons. The van der Waals surface area contributed by atoms with E-state index in [0.29, 0.717) is 0 Å². The van der Waals surface area contributed by atoms with Gasteiger partial charge in [0.05, 0.1) is 33.0 Å². The Morgan fingerprint density at radius 2 is 1.39 bits per heavy atom. The first-order valence-electron chi connectivity index (χ1n) is 15.2. The van der Waals surface area contributed by atoms with Gasteiger partial charge in [-0.1, -0.05) is 66.7 Å². The summed E-state index contributed by atoms with van der Waals surface area (Å²) in [4.78, 5) is 24.6. The van der Waals surface area contributed by atoms with Gasteiger partial charge in [-0.05, 0) is 11.1 Å². The summed E-state index contributed by atoms with van der Waals surface area (Å²) in [7, 11) is 0. The molecule has 2 heterocycles. The summed E-state index contributed by atoms with van der Waals surface area (Å²) >= 11 is 0. The van der Waals surface area contributed by atoms with Crippen LogP contribution in [0.5, 0.6) is 0 Å². The van der Waals surface area contributed by atoms with Gasteiger partial charge in [0.15, 0.2) is 12.6 Å². The second-order valence-electron chi connectivity index (χ2n) is 11.2. The van der Waals surface area contributed by atoms with Crippen LogP contribution in [0.2, 0.25) is 0 Å². The number of carbonyl (C=O) groups excluding carboxylic acids is 2. The van der Waals surface area contributed by atoms with Crippen LogP contribution in [-0.4, -0.2) is 108 Å². The largest absolute Gasteiger partial charge is 0.394 e. The maximum atomic E-state index is 12.5. The summed E-state index contributed by atoms with van der Waals surface area (Å²) in [5.74, 6) is -0.890. The zero-order chi connectivity index (χ0) is 33.1. The van der Waals surface area contributed by atoms with Crippen molar-refractivity contribution in [2.24, 2.45) is 0 Å². The number of carbonyl (C=O) groups is 2. The lowest BCUT2D eigenvalue weighted by atomic mass is 9.94. The molecule has 4 rings (SSSR count). The number of hydrogen-bond acceptors (Lipinski definition) is 11. The van der Waals surface area contributed by atoms with Crippen molar-refractivity contribution in [2.75, 3.05) is 19.8 Å². The number of aliphatic hydroxyl groups is 3. The van der Waals surface area contributed by atoms with Crippen molar-refractivity contribution in [2.45, 2.75) is 88.3 Å². The predicted octanol–water partition coefficient (Wildman–Crippen LogP) is 0.550. The predicted molar refractivity (Wildman–Crippen MR) is 164 cm³/mol. The summed E-state index contributed by atoms with van der Waals surface area (Å²) in [5, 5.41) is 36.7. The molecule has 0 unspecified atom stereocenters. The molecule has 10 atom stereocenters. The lowest BCUT2D eigenvalue weighted by Crippen LogP contribution is -2.69. The molecule has 5 N–H and O–H groups in total. The van der Waals surface area contributed by atoms with Gasteiger partial charge >= 0.3 is 0 Å². The van der Waals surface area contributed by atoms with E-state index in [0.717, 1.165) is 11.1 Å². The second kappa shape index (κ2) is 17.6.